The van der Waals surface area contributed by atoms with Gasteiger partial charge in [0.1, 0.15) is 17.3 Å². The number of hydrogen-bond acceptors (Lipinski definition) is 4. The number of benzene rings is 2. The number of aromatic nitrogens is 3. The predicted octanol–water partition coefficient (Wildman–Crippen LogP) is 6.05. The van der Waals surface area contributed by atoms with Crippen LogP contribution in [0.4, 0.5) is 0 Å². The Kier molecular flexibility index (Phi) is 5.88. The Labute approximate surface area is 199 Å². The van der Waals surface area contributed by atoms with E-state index in [2.05, 4.69) is 16.0 Å². The average molecular weight is 453 g/mol. The highest BCUT2D eigenvalue weighted by Gasteiger charge is 2.31. The van der Waals surface area contributed by atoms with E-state index in [0.29, 0.717) is 0 Å². The summed E-state index contributed by atoms with van der Waals surface area (Å²) >= 11 is 0. The molecule has 6 heteroatoms. The van der Waals surface area contributed by atoms with Crippen molar-refractivity contribution in [2.75, 3.05) is 6.54 Å². The summed E-state index contributed by atoms with van der Waals surface area (Å²) < 4.78 is 8.11. The van der Waals surface area contributed by atoms with Gasteiger partial charge in [-0.1, -0.05) is 18.7 Å². The summed E-state index contributed by atoms with van der Waals surface area (Å²) in [5, 5.41) is 0. The molecular weight excluding hydrogens is 424 g/mol. The van der Waals surface area contributed by atoms with Crippen molar-refractivity contribution < 1.29 is 9.53 Å². The molecule has 0 bridgehead atoms. The zero-order chi connectivity index (χ0) is 23.7. The Balaban J connectivity index is 1.54. The predicted molar refractivity (Wildman–Crippen MR) is 133 cm³/mol. The van der Waals surface area contributed by atoms with Crippen LogP contribution in [0.1, 0.15) is 42.4 Å². The molecule has 3 heterocycles. The summed E-state index contributed by atoms with van der Waals surface area (Å²) in [6.45, 7) is 8.45. The minimum absolute atomic E-state index is 0.0496. The van der Waals surface area contributed by atoms with E-state index in [-0.39, 0.29) is 11.9 Å². The molecule has 172 valence electrons. The molecule has 0 radical (unpaired) electrons. The van der Waals surface area contributed by atoms with Gasteiger partial charge in [-0.3, -0.25) is 14.2 Å². The van der Waals surface area contributed by atoms with Crippen LogP contribution >= 0.6 is 0 Å². The Morgan fingerprint density at radius 2 is 1.94 bits per heavy atom. The molecule has 1 atom stereocenters. The Morgan fingerprint density at radius 3 is 2.71 bits per heavy atom. The van der Waals surface area contributed by atoms with Gasteiger partial charge in [-0.2, -0.15) is 0 Å². The van der Waals surface area contributed by atoms with E-state index in [1.165, 1.54) is 6.08 Å². The first kappa shape index (κ1) is 21.9. The molecule has 1 aliphatic rings. The number of carbonyl (C=O) groups excluding carboxylic acids is 1. The van der Waals surface area contributed by atoms with Crippen LogP contribution in [0.2, 0.25) is 0 Å². The number of amides is 1. The number of rotatable bonds is 5. The normalized spacial score (nSPS) is 15.9. The number of carbonyl (C=O) groups is 1. The highest BCUT2D eigenvalue weighted by Crippen LogP contribution is 2.36. The molecule has 1 fully saturated rings. The van der Waals surface area contributed by atoms with E-state index < -0.39 is 0 Å². The lowest BCUT2D eigenvalue weighted by Crippen LogP contribution is -2.38. The van der Waals surface area contributed by atoms with Crippen LogP contribution in [-0.4, -0.2) is 31.7 Å². The summed E-state index contributed by atoms with van der Waals surface area (Å²) in [5.41, 5.74) is 4.85. The van der Waals surface area contributed by atoms with Gasteiger partial charge in [-0.05, 0) is 81.1 Å². The van der Waals surface area contributed by atoms with Crippen LogP contribution in [0.25, 0.3) is 16.8 Å². The maximum atomic E-state index is 12.6. The highest BCUT2D eigenvalue weighted by atomic mass is 16.5. The lowest BCUT2D eigenvalue weighted by atomic mass is 10.0. The fourth-order valence-corrected chi connectivity index (χ4v) is 4.73. The van der Waals surface area contributed by atoms with Crippen molar-refractivity contribution in [2.24, 2.45) is 0 Å². The van der Waals surface area contributed by atoms with Gasteiger partial charge < -0.3 is 9.64 Å². The van der Waals surface area contributed by atoms with Crippen molar-refractivity contribution in [3.05, 3.63) is 90.7 Å². The van der Waals surface area contributed by atoms with Crippen LogP contribution in [0.15, 0.2) is 73.6 Å². The molecular formula is C28H28N4O2. The van der Waals surface area contributed by atoms with Crippen molar-refractivity contribution in [1.29, 1.82) is 0 Å². The molecule has 0 spiro atoms. The Morgan fingerprint density at radius 1 is 1.12 bits per heavy atom. The van der Waals surface area contributed by atoms with Gasteiger partial charge >= 0.3 is 0 Å². The summed E-state index contributed by atoms with van der Waals surface area (Å²) in [6, 6.07) is 15.9. The maximum absolute atomic E-state index is 12.6. The van der Waals surface area contributed by atoms with Crippen molar-refractivity contribution >= 4 is 11.4 Å². The van der Waals surface area contributed by atoms with E-state index >= 15 is 0 Å². The number of hydrogen-bond donors (Lipinski definition) is 0. The standard InChI is InChI=1S/C28H28N4O2/c1-4-25(33)31-16-6-5-10-24(31)28-30-26(27-20(3)29-15-17-32(27)28)21-11-13-22(14-12-21)34-23-9-7-8-19(2)18-23/h4,7-9,11-15,17-18,24H,1,5-6,10,16H2,2-3H3. The molecule has 4 aromatic rings. The molecule has 2 aromatic heterocycles. The molecule has 2 aromatic carbocycles. The van der Waals surface area contributed by atoms with E-state index in [0.717, 1.165) is 71.2 Å². The van der Waals surface area contributed by atoms with Gasteiger partial charge in [-0.25, -0.2) is 4.98 Å². The zero-order valence-corrected chi connectivity index (χ0v) is 19.6. The topological polar surface area (TPSA) is 59.7 Å². The zero-order valence-electron chi connectivity index (χ0n) is 19.6. The highest BCUT2D eigenvalue weighted by molar-refractivity contribution is 5.87. The number of likely N-dealkylation sites (tertiary alicyclic amines) is 1. The molecule has 6 nitrogen and oxygen atoms in total. The van der Waals surface area contributed by atoms with E-state index in [1.807, 2.05) is 73.5 Å². The number of nitrogens with zero attached hydrogens (tertiary/aromatic N) is 4. The number of imidazole rings is 1. The molecule has 0 saturated carbocycles. The Hall–Kier alpha value is -3.93. The number of fused-ring (bicyclic) bond motifs is 1. The smallest absolute Gasteiger partial charge is 0.246 e. The summed E-state index contributed by atoms with van der Waals surface area (Å²) in [5.74, 6) is 2.40. The quantitative estimate of drug-likeness (QED) is 0.346. The fourth-order valence-electron chi connectivity index (χ4n) is 4.73. The molecule has 0 aliphatic carbocycles. The van der Waals surface area contributed by atoms with Crippen molar-refractivity contribution in [3.63, 3.8) is 0 Å². The van der Waals surface area contributed by atoms with Gasteiger partial charge in [0.15, 0.2) is 0 Å². The second kappa shape index (κ2) is 9.14. The van der Waals surface area contributed by atoms with Crippen molar-refractivity contribution in [3.8, 4) is 22.8 Å². The summed E-state index contributed by atoms with van der Waals surface area (Å²) in [7, 11) is 0. The molecule has 1 aliphatic heterocycles. The minimum atomic E-state index is -0.0915. The van der Waals surface area contributed by atoms with Crippen molar-refractivity contribution in [1.82, 2.24) is 19.3 Å². The van der Waals surface area contributed by atoms with Crippen LogP contribution in [0.3, 0.4) is 0 Å². The van der Waals surface area contributed by atoms with Gasteiger partial charge in [0.2, 0.25) is 5.91 Å². The van der Waals surface area contributed by atoms with E-state index in [9.17, 15) is 4.79 Å². The lowest BCUT2D eigenvalue weighted by Gasteiger charge is -2.34. The monoisotopic (exact) mass is 452 g/mol. The largest absolute Gasteiger partial charge is 0.457 e. The average Bonchev–Trinajstić information content (AvgIpc) is 3.25. The van der Waals surface area contributed by atoms with Gasteiger partial charge in [0.05, 0.1) is 22.9 Å². The number of aryl methyl sites for hydroxylation is 2. The first-order valence-electron chi connectivity index (χ1n) is 11.7. The lowest BCUT2D eigenvalue weighted by molar-refractivity contribution is -0.129. The second-order valence-corrected chi connectivity index (χ2v) is 8.74. The number of ether oxygens (including phenoxy) is 1. The molecule has 1 saturated heterocycles. The van der Waals surface area contributed by atoms with Crippen LogP contribution in [0, 0.1) is 13.8 Å². The molecule has 0 N–H and O–H groups in total. The van der Waals surface area contributed by atoms with Crippen LogP contribution in [-0.2, 0) is 4.79 Å². The first-order chi connectivity index (χ1) is 16.5. The van der Waals surface area contributed by atoms with Gasteiger partial charge in [0.25, 0.3) is 0 Å². The molecule has 34 heavy (non-hydrogen) atoms. The summed E-state index contributed by atoms with van der Waals surface area (Å²) in [6.07, 6.45) is 8.06. The Bertz CT molecular complexity index is 1360. The fraction of sp³-hybridized carbons (Fsp3) is 0.250. The SMILES string of the molecule is C=CC(=O)N1CCCCC1c1nc(-c2ccc(Oc3cccc(C)c3)cc2)c2c(C)nccn12. The third-order valence-electron chi connectivity index (χ3n) is 6.38. The second-order valence-electron chi connectivity index (χ2n) is 8.74. The third-order valence-corrected chi connectivity index (χ3v) is 6.38. The maximum Gasteiger partial charge on any atom is 0.246 e. The molecule has 5 rings (SSSR count). The van der Waals surface area contributed by atoms with Crippen LogP contribution in [0.5, 0.6) is 11.5 Å². The van der Waals surface area contributed by atoms with E-state index in [1.54, 1.807) is 6.20 Å². The molecule has 1 unspecified atom stereocenters. The summed E-state index contributed by atoms with van der Waals surface area (Å²) in [4.78, 5) is 24.1. The third kappa shape index (κ3) is 4.07. The first-order valence-corrected chi connectivity index (χ1v) is 11.7. The number of piperidine rings is 1. The minimum Gasteiger partial charge on any atom is -0.457 e. The van der Waals surface area contributed by atoms with E-state index in [4.69, 9.17) is 9.72 Å². The van der Waals surface area contributed by atoms with Crippen LogP contribution < -0.4 is 4.74 Å². The molecule has 1 amide bonds. The van der Waals surface area contributed by atoms with Gasteiger partial charge in [-0.15, -0.1) is 0 Å². The van der Waals surface area contributed by atoms with Crippen molar-refractivity contribution in [2.45, 2.75) is 39.2 Å². The van der Waals surface area contributed by atoms with Gasteiger partial charge in [0, 0.05) is 24.5 Å².